The summed E-state index contributed by atoms with van der Waals surface area (Å²) in [5.41, 5.74) is 0.709. The Kier molecular flexibility index (Phi) is 5.07. The molecule has 1 aromatic carbocycles. The van der Waals surface area contributed by atoms with Crippen molar-refractivity contribution in [3.05, 3.63) is 29.3 Å². The van der Waals surface area contributed by atoms with Crippen LogP contribution in [0.2, 0.25) is 5.02 Å². The first-order chi connectivity index (χ1) is 11.3. The van der Waals surface area contributed by atoms with Crippen LogP contribution in [0.3, 0.4) is 0 Å². The summed E-state index contributed by atoms with van der Waals surface area (Å²) in [5, 5.41) is 3.43. The smallest absolute Gasteiger partial charge is 0.411 e. The van der Waals surface area contributed by atoms with Crippen LogP contribution < -0.4 is 5.32 Å². The molecule has 0 radical (unpaired) electrons. The van der Waals surface area contributed by atoms with Crippen molar-refractivity contribution >= 4 is 23.4 Å². The van der Waals surface area contributed by atoms with Gasteiger partial charge in [0.15, 0.2) is 0 Å². The van der Waals surface area contributed by atoms with E-state index in [1.807, 2.05) is 0 Å². The van der Waals surface area contributed by atoms with Crippen molar-refractivity contribution in [1.82, 2.24) is 0 Å². The van der Waals surface area contributed by atoms with Crippen molar-refractivity contribution in [3.8, 4) is 0 Å². The minimum atomic E-state index is -0.371. The Morgan fingerprint density at radius 2 is 1.79 bits per heavy atom. The quantitative estimate of drug-likeness (QED) is 0.805. The Bertz CT molecular complexity index is 582. The molecule has 0 unspecified atom stereocenters. The second kappa shape index (κ2) is 6.93. The molecule has 2 fully saturated rings. The van der Waals surface area contributed by atoms with Gasteiger partial charge in [0, 0.05) is 22.5 Å². The summed E-state index contributed by atoms with van der Waals surface area (Å²) in [6, 6.07) is 7.07. The third-order valence-corrected chi connectivity index (χ3v) is 5.78. The molecule has 2 aliphatic rings. The summed E-state index contributed by atoms with van der Waals surface area (Å²) < 4.78 is 6.54. The molecule has 0 saturated heterocycles. The van der Waals surface area contributed by atoms with Gasteiger partial charge in [-0.3, -0.25) is 5.32 Å². The van der Waals surface area contributed by atoms with E-state index >= 15 is 0 Å². The fourth-order valence-corrected chi connectivity index (χ4v) is 4.69. The Hall–Kier alpha value is -1.26. The van der Waals surface area contributed by atoms with Crippen molar-refractivity contribution in [3.63, 3.8) is 0 Å². The largest absolute Gasteiger partial charge is 0.449 e. The lowest BCUT2D eigenvalue weighted by atomic mass is 9.79. The summed E-state index contributed by atoms with van der Waals surface area (Å²) in [6.07, 6.45) is 3.59. The molecule has 3 rings (SSSR count). The van der Waals surface area contributed by atoms with Gasteiger partial charge >= 0.3 is 6.09 Å². The predicted molar refractivity (Wildman–Crippen MR) is 97.1 cm³/mol. The molecule has 1 amide bonds. The van der Waals surface area contributed by atoms with Gasteiger partial charge in [-0.2, -0.15) is 0 Å². The first-order valence-electron chi connectivity index (χ1n) is 8.81. The van der Waals surface area contributed by atoms with Gasteiger partial charge in [0.2, 0.25) is 0 Å². The van der Waals surface area contributed by atoms with Crippen LogP contribution in [0.5, 0.6) is 0 Å². The van der Waals surface area contributed by atoms with Gasteiger partial charge in [0.1, 0.15) is 0 Å². The van der Waals surface area contributed by atoms with Crippen LogP contribution in [-0.2, 0) is 4.74 Å². The van der Waals surface area contributed by atoms with Crippen molar-refractivity contribution in [1.29, 1.82) is 0 Å². The normalized spacial score (nSPS) is 28.8. The molecule has 24 heavy (non-hydrogen) atoms. The van der Waals surface area contributed by atoms with E-state index < -0.39 is 0 Å². The SMILES string of the molecule is C[N+](C)(C)C[C@H]1[C@H]2CC[C@@H](C2)[C@@H]1COC(=O)Nc1ccc(Cl)cc1. The third-order valence-electron chi connectivity index (χ3n) is 5.53. The van der Waals surface area contributed by atoms with Gasteiger partial charge in [0.25, 0.3) is 0 Å². The monoisotopic (exact) mass is 351 g/mol. The molecule has 4 nitrogen and oxygen atoms in total. The molecule has 0 aliphatic heterocycles. The number of halogens is 1. The number of hydrogen-bond donors (Lipinski definition) is 1. The standard InChI is InChI=1S/C19H27ClN2O2/c1-22(2,3)11-17-13-4-5-14(10-13)18(17)12-24-19(23)21-16-8-6-15(20)7-9-16/h6-9,13-14,17-18H,4-5,10-12H2,1-3H3/p+1/t13-,14-,17-,18-/m0/s1. The van der Waals surface area contributed by atoms with Crippen molar-refractivity contribution in [2.45, 2.75) is 19.3 Å². The molecule has 2 bridgehead atoms. The van der Waals surface area contributed by atoms with Gasteiger partial charge in [-0.05, 0) is 55.4 Å². The molecule has 132 valence electrons. The summed E-state index contributed by atoms with van der Waals surface area (Å²) in [4.78, 5) is 12.1. The number of nitrogens with one attached hydrogen (secondary N) is 1. The molecule has 1 aromatic rings. The zero-order valence-corrected chi connectivity index (χ0v) is 15.6. The Balaban J connectivity index is 1.54. The second-order valence-electron chi connectivity index (χ2n) is 8.36. The molecule has 4 atom stereocenters. The van der Waals surface area contributed by atoms with Gasteiger partial charge < -0.3 is 9.22 Å². The van der Waals surface area contributed by atoms with Crippen LogP contribution in [-0.4, -0.2) is 44.9 Å². The minimum Gasteiger partial charge on any atom is -0.449 e. The van der Waals surface area contributed by atoms with E-state index in [9.17, 15) is 4.79 Å². The van der Waals surface area contributed by atoms with Crippen LogP contribution in [0.25, 0.3) is 0 Å². The fraction of sp³-hybridized carbons (Fsp3) is 0.632. The lowest BCUT2D eigenvalue weighted by Gasteiger charge is -2.36. The van der Waals surface area contributed by atoms with Crippen molar-refractivity contribution in [2.24, 2.45) is 23.7 Å². The van der Waals surface area contributed by atoms with Gasteiger partial charge in [-0.15, -0.1) is 0 Å². The van der Waals surface area contributed by atoms with E-state index in [2.05, 4.69) is 26.5 Å². The van der Waals surface area contributed by atoms with Crippen molar-refractivity contribution in [2.75, 3.05) is 39.6 Å². The summed E-state index contributed by atoms with van der Waals surface area (Å²) in [5.74, 6) is 2.74. The Morgan fingerprint density at radius 1 is 1.17 bits per heavy atom. The lowest BCUT2D eigenvalue weighted by molar-refractivity contribution is -0.874. The van der Waals surface area contributed by atoms with E-state index in [1.54, 1.807) is 24.3 Å². The van der Waals surface area contributed by atoms with E-state index in [1.165, 1.54) is 19.3 Å². The predicted octanol–water partition coefficient (Wildman–Crippen LogP) is 4.26. The Labute approximate surface area is 149 Å². The van der Waals surface area contributed by atoms with E-state index in [0.29, 0.717) is 29.2 Å². The van der Waals surface area contributed by atoms with Crippen LogP contribution in [0, 0.1) is 23.7 Å². The maximum atomic E-state index is 12.1. The highest BCUT2D eigenvalue weighted by atomic mass is 35.5. The first kappa shape index (κ1) is 17.6. The summed E-state index contributed by atoms with van der Waals surface area (Å²) in [6.45, 7) is 1.69. The van der Waals surface area contributed by atoms with Crippen LogP contribution in [0.15, 0.2) is 24.3 Å². The zero-order valence-electron chi connectivity index (χ0n) is 14.8. The average Bonchev–Trinajstić information content (AvgIpc) is 3.08. The average molecular weight is 352 g/mol. The summed E-state index contributed by atoms with van der Waals surface area (Å²) in [7, 11) is 6.74. The number of carbonyl (C=O) groups excluding carboxylic acids is 1. The maximum absolute atomic E-state index is 12.1. The third kappa shape index (κ3) is 4.22. The van der Waals surface area contributed by atoms with Crippen LogP contribution in [0.4, 0.5) is 10.5 Å². The lowest BCUT2D eigenvalue weighted by Crippen LogP contribution is -2.44. The molecular weight excluding hydrogens is 324 g/mol. The second-order valence-corrected chi connectivity index (χ2v) is 8.80. The molecule has 0 spiro atoms. The highest BCUT2D eigenvalue weighted by Crippen LogP contribution is 2.52. The number of benzene rings is 1. The number of rotatable bonds is 5. The highest BCUT2D eigenvalue weighted by molar-refractivity contribution is 6.30. The van der Waals surface area contributed by atoms with E-state index in [-0.39, 0.29) is 6.09 Å². The number of anilines is 1. The van der Waals surface area contributed by atoms with Gasteiger partial charge in [0.05, 0.1) is 34.3 Å². The van der Waals surface area contributed by atoms with Crippen LogP contribution >= 0.6 is 11.6 Å². The molecule has 5 heteroatoms. The topological polar surface area (TPSA) is 38.3 Å². The number of quaternary nitrogens is 1. The molecular formula is C19H28ClN2O2+. The number of nitrogens with zero attached hydrogens (tertiary/aromatic N) is 1. The van der Waals surface area contributed by atoms with E-state index in [0.717, 1.165) is 22.9 Å². The van der Waals surface area contributed by atoms with Gasteiger partial charge in [-0.25, -0.2) is 4.79 Å². The van der Waals surface area contributed by atoms with Crippen LogP contribution in [0.1, 0.15) is 19.3 Å². The molecule has 2 aliphatic carbocycles. The minimum absolute atomic E-state index is 0.371. The molecule has 0 aromatic heterocycles. The van der Waals surface area contributed by atoms with Crippen molar-refractivity contribution < 1.29 is 14.0 Å². The fourth-order valence-electron chi connectivity index (χ4n) is 4.57. The molecule has 2 saturated carbocycles. The van der Waals surface area contributed by atoms with Gasteiger partial charge in [-0.1, -0.05) is 11.6 Å². The number of hydrogen-bond acceptors (Lipinski definition) is 2. The summed E-state index contributed by atoms with van der Waals surface area (Å²) >= 11 is 5.85. The molecule has 1 N–H and O–H groups in total. The maximum Gasteiger partial charge on any atom is 0.411 e. The first-order valence-corrected chi connectivity index (χ1v) is 9.19. The molecule has 0 heterocycles. The Morgan fingerprint density at radius 3 is 2.42 bits per heavy atom. The zero-order chi connectivity index (χ0) is 17.3. The van der Waals surface area contributed by atoms with E-state index in [4.69, 9.17) is 16.3 Å². The number of ether oxygens (including phenoxy) is 1. The number of carbonyl (C=O) groups is 1. The number of amides is 1. The highest BCUT2D eigenvalue weighted by Gasteiger charge is 2.49. The number of fused-ring (bicyclic) bond motifs is 2.